The Labute approximate surface area is 122 Å². The van der Waals surface area contributed by atoms with Crippen LogP contribution in [0.2, 0.25) is 0 Å². The molecule has 1 N–H and O–H groups in total. The number of benzene rings is 1. The van der Waals surface area contributed by atoms with Crippen molar-refractivity contribution in [1.29, 1.82) is 0 Å². The lowest BCUT2D eigenvalue weighted by Gasteiger charge is -2.26. The molecule has 2 unspecified atom stereocenters. The van der Waals surface area contributed by atoms with Gasteiger partial charge in [-0.15, -0.1) is 0 Å². The average molecular weight is 292 g/mol. The zero-order valence-electron chi connectivity index (χ0n) is 11.5. The Hall–Kier alpha value is -1.95. The molecule has 0 spiro atoms. The number of amides is 3. The molecular formula is C15H17FN2O3. The minimum Gasteiger partial charge on any atom is -0.387 e. The number of hydrogen-bond acceptors (Lipinski definition) is 3. The molecule has 1 aromatic rings. The number of nitrogens with zero attached hydrogens (tertiary/aromatic N) is 2. The number of aliphatic hydroxyl groups is 1. The molecule has 0 aliphatic carbocycles. The number of urea groups is 1. The summed E-state index contributed by atoms with van der Waals surface area (Å²) in [7, 11) is 0. The first-order valence-corrected chi connectivity index (χ1v) is 7.13. The lowest BCUT2D eigenvalue weighted by molar-refractivity contribution is -0.129. The van der Waals surface area contributed by atoms with Crippen LogP contribution < -0.4 is 0 Å². The predicted molar refractivity (Wildman–Crippen MR) is 72.8 cm³/mol. The van der Waals surface area contributed by atoms with E-state index in [1.807, 2.05) is 0 Å². The molecule has 0 bridgehead atoms. The quantitative estimate of drug-likeness (QED) is 0.862. The second-order valence-electron chi connectivity index (χ2n) is 5.50. The molecule has 6 heteroatoms. The van der Waals surface area contributed by atoms with Crippen LogP contribution in [0.25, 0.3) is 0 Å². The summed E-state index contributed by atoms with van der Waals surface area (Å²) >= 11 is 0. The van der Waals surface area contributed by atoms with Crippen LogP contribution >= 0.6 is 0 Å². The molecule has 3 amide bonds. The first kappa shape index (κ1) is 14.0. The number of aliphatic hydroxyl groups excluding tert-OH is 1. The third-order valence-electron chi connectivity index (χ3n) is 4.14. The zero-order chi connectivity index (χ0) is 15.0. The molecule has 2 fully saturated rings. The maximum Gasteiger partial charge on any atom is 0.327 e. The Bertz CT molecular complexity index is 537. The van der Waals surface area contributed by atoms with Gasteiger partial charge in [0.15, 0.2) is 0 Å². The van der Waals surface area contributed by atoms with Gasteiger partial charge in [-0.3, -0.25) is 9.69 Å². The number of piperidine rings is 1. The highest BCUT2D eigenvalue weighted by Gasteiger charge is 2.46. The molecule has 112 valence electrons. The lowest BCUT2D eigenvalue weighted by atomic mass is 10.0. The summed E-state index contributed by atoms with van der Waals surface area (Å²) in [5.74, 6) is -0.628. The summed E-state index contributed by atoms with van der Waals surface area (Å²) in [6, 6.07) is 4.71. The van der Waals surface area contributed by atoms with E-state index < -0.39 is 11.9 Å². The van der Waals surface area contributed by atoms with E-state index in [4.69, 9.17) is 0 Å². The molecule has 2 atom stereocenters. The molecule has 21 heavy (non-hydrogen) atoms. The van der Waals surface area contributed by atoms with Gasteiger partial charge in [-0.1, -0.05) is 12.1 Å². The Morgan fingerprint density at radius 2 is 1.95 bits per heavy atom. The van der Waals surface area contributed by atoms with Gasteiger partial charge in [-0.05, 0) is 37.0 Å². The first-order valence-electron chi connectivity index (χ1n) is 7.13. The summed E-state index contributed by atoms with van der Waals surface area (Å²) < 4.78 is 12.9. The summed E-state index contributed by atoms with van der Waals surface area (Å²) in [6.07, 6.45) is 1.53. The summed E-state index contributed by atoms with van der Waals surface area (Å²) in [4.78, 5) is 27.2. The van der Waals surface area contributed by atoms with Crippen molar-refractivity contribution in [2.24, 2.45) is 0 Å². The van der Waals surface area contributed by atoms with Crippen LogP contribution in [0.3, 0.4) is 0 Å². The summed E-state index contributed by atoms with van der Waals surface area (Å²) in [5, 5.41) is 10.2. The van der Waals surface area contributed by atoms with Gasteiger partial charge in [0.1, 0.15) is 11.9 Å². The molecule has 5 nitrogen and oxygen atoms in total. The number of hydrogen-bond donors (Lipinski definition) is 1. The third kappa shape index (κ3) is 2.51. The van der Waals surface area contributed by atoms with Crippen molar-refractivity contribution >= 4 is 11.9 Å². The van der Waals surface area contributed by atoms with Gasteiger partial charge in [0.25, 0.3) is 5.91 Å². The van der Waals surface area contributed by atoms with Crippen molar-refractivity contribution in [3.63, 3.8) is 0 Å². The minimum atomic E-state index is -1.00. The van der Waals surface area contributed by atoms with Gasteiger partial charge >= 0.3 is 6.03 Å². The van der Waals surface area contributed by atoms with Gasteiger partial charge < -0.3 is 10.0 Å². The maximum atomic E-state index is 12.9. The largest absolute Gasteiger partial charge is 0.387 e. The molecule has 0 saturated carbocycles. The molecule has 0 radical (unpaired) electrons. The van der Waals surface area contributed by atoms with Crippen LogP contribution in [0.1, 0.15) is 30.9 Å². The SMILES string of the molecule is O=C1C2CCCCN2C(=O)N1CC(O)c1ccc(F)cc1. The zero-order valence-corrected chi connectivity index (χ0v) is 11.5. The predicted octanol–water partition coefficient (Wildman–Crippen LogP) is 1.68. The number of carbonyl (C=O) groups is 2. The molecule has 2 aliphatic rings. The van der Waals surface area contributed by atoms with Crippen molar-refractivity contribution in [1.82, 2.24) is 9.80 Å². The summed E-state index contributed by atoms with van der Waals surface area (Å²) in [5.41, 5.74) is 0.488. The highest BCUT2D eigenvalue weighted by atomic mass is 19.1. The number of halogens is 1. The second kappa shape index (κ2) is 5.44. The Balaban J connectivity index is 1.73. The Morgan fingerprint density at radius 1 is 1.24 bits per heavy atom. The van der Waals surface area contributed by atoms with Crippen LogP contribution in [0.5, 0.6) is 0 Å². The van der Waals surface area contributed by atoms with Crippen molar-refractivity contribution in [3.05, 3.63) is 35.6 Å². The molecule has 2 heterocycles. The third-order valence-corrected chi connectivity index (χ3v) is 4.14. The van der Waals surface area contributed by atoms with Crippen molar-refractivity contribution in [3.8, 4) is 0 Å². The van der Waals surface area contributed by atoms with Crippen LogP contribution in [0.4, 0.5) is 9.18 Å². The van der Waals surface area contributed by atoms with E-state index in [0.29, 0.717) is 18.5 Å². The van der Waals surface area contributed by atoms with Crippen molar-refractivity contribution in [2.45, 2.75) is 31.4 Å². The van der Waals surface area contributed by atoms with Gasteiger partial charge in [0.2, 0.25) is 0 Å². The van der Waals surface area contributed by atoms with Gasteiger partial charge in [-0.2, -0.15) is 0 Å². The second-order valence-corrected chi connectivity index (χ2v) is 5.50. The fourth-order valence-electron chi connectivity index (χ4n) is 2.98. The van der Waals surface area contributed by atoms with E-state index in [1.165, 1.54) is 24.3 Å². The van der Waals surface area contributed by atoms with Crippen LogP contribution in [0, 0.1) is 5.82 Å². The van der Waals surface area contributed by atoms with E-state index in [-0.39, 0.29) is 24.5 Å². The molecule has 2 aliphatic heterocycles. The highest BCUT2D eigenvalue weighted by molar-refractivity contribution is 6.04. The van der Waals surface area contributed by atoms with E-state index in [2.05, 4.69) is 0 Å². The van der Waals surface area contributed by atoms with Crippen LogP contribution in [-0.2, 0) is 4.79 Å². The smallest absolute Gasteiger partial charge is 0.327 e. The highest BCUT2D eigenvalue weighted by Crippen LogP contribution is 2.28. The first-order chi connectivity index (χ1) is 10.1. The van der Waals surface area contributed by atoms with Gasteiger partial charge in [0.05, 0.1) is 12.6 Å². The number of imide groups is 1. The molecule has 2 saturated heterocycles. The van der Waals surface area contributed by atoms with E-state index in [1.54, 1.807) is 4.90 Å². The number of fused-ring (bicyclic) bond motifs is 1. The number of carbonyl (C=O) groups excluding carboxylic acids is 2. The molecule has 0 aromatic heterocycles. The van der Waals surface area contributed by atoms with Crippen LogP contribution in [-0.4, -0.2) is 46.0 Å². The average Bonchev–Trinajstić information content (AvgIpc) is 2.73. The number of rotatable bonds is 3. The monoisotopic (exact) mass is 292 g/mol. The van der Waals surface area contributed by atoms with E-state index in [9.17, 15) is 19.1 Å². The topological polar surface area (TPSA) is 60.9 Å². The Kier molecular flexibility index (Phi) is 3.63. The standard InChI is InChI=1S/C15H17FN2O3/c16-11-6-4-10(5-7-11)13(19)9-18-14(20)12-3-1-2-8-17(12)15(18)21/h4-7,12-13,19H,1-3,8-9H2. The normalized spacial score (nSPS) is 23.4. The fraction of sp³-hybridized carbons (Fsp3) is 0.467. The summed E-state index contributed by atoms with van der Waals surface area (Å²) in [6.45, 7) is 0.509. The lowest BCUT2D eigenvalue weighted by Crippen LogP contribution is -2.39. The number of β-amino-alcohol motifs (C(OH)–C–C–N with tert-alkyl or cyclic N) is 1. The van der Waals surface area contributed by atoms with Gasteiger partial charge in [-0.25, -0.2) is 9.18 Å². The van der Waals surface area contributed by atoms with Gasteiger partial charge in [0, 0.05) is 6.54 Å². The van der Waals surface area contributed by atoms with E-state index >= 15 is 0 Å². The molecular weight excluding hydrogens is 275 g/mol. The van der Waals surface area contributed by atoms with E-state index in [0.717, 1.165) is 17.7 Å². The van der Waals surface area contributed by atoms with Crippen molar-refractivity contribution in [2.75, 3.05) is 13.1 Å². The maximum absolute atomic E-state index is 12.9. The van der Waals surface area contributed by atoms with Crippen LogP contribution in [0.15, 0.2) is 24.3 Å². The van der Waals surface area contributed by atoms with Crippen molar-refractivity contribution < 1.29 is 19.1 Å². The molecule has 3 rings (SSSR count). The minimum absolute atomic E-state index is 0.0870. The fourth-order valence-corrected chi connectivity index (χ4v) is 2.98. The Morgan fingerprint density at radius 3 is 2.62 bits per heavy atom. The molecule has 1 aromatic carbocycles.